The third kappa shape index (κ3) is 2.49. The van der Waals surface area contributed by atoms with Crippen molar-refractivity contribution in [2.45, 2.75) is 31.7 Å². The smallest absolute Gasteiger partial charge is 0.251 e. The second-order valence-corrected chi connectivity index (χ2v) is 6.39. The van der Waals surface area contributed by atoms with Crippen molar-refractivity contribution < 1.29 is 4.79 Å². The van der Waals surface area contributed by atoms with E-state index in [0.717, 1.165) is 30.6 Å². The first-order chi connectivity index (χ1) is 9.27. The van der Waals surface area contributed by atoms with E-state index in [0.29, 0.717) is 11.6 Å². The Hall–Kier alpha value is -1.07. The van der Waals surface area contributed by atoms with Crippen LogP contribution in [0.15, 0.2) is 11.4 Å². The molecule has 2 aliphatic heterocycles. The first-order valence-electron chi connectivity index (χ1n) is 7.12. The minimum atomic E-state index is -0.299. The number of rotatable bonds is 3. The van der Waals surface area contributed by atoms with Crippen LogP contribution in [0.4, 0.5) is 5.00 Å². The van der Waals surface area contributed by atoms with Gasteiger partial charge in [-0.05, 0) is 56.1 Å². The zero-order valence-electron chi connectivity index (χ0n) is 11.1. The van der Waals surface area contributed by atoms with Crippen molar-refractivity contribution >= 4 is 22.2 Å². The summed E-state index contributed by atoms with van der Waals surface area (Å²) >= 11 is 1.65. The number of primary amides is 1. The standard InChI is InChI=1S/C14H21N3OS/c15-13(18)11-5-9-19-14(11)17-8-1-2-12(17)10-3-6-16-7-4-10/h5,9-10,12,16H,1-4,6-8H2,(H2,15,18). The lowest BCUT2D eigenvalue weighted by molar-refractivity contribution is 0.100. The van der Waals surface area contributed by atoms with Crippen molar-refractivity contribution in [2.75, 3.05) is 24.5 Å². The van der Waals surface area contributed by atoms with Crippen LogP contribution in [0.1, 0.15) is 36.0 Å². The fourth-order valence-corrected chi connectivity index (χ4v) is 4.47. The van der Waals surface area contributed by atoms with E-state index in [4.69, 9.17) is 5.73 Å². The van der Waals surface area contributed by atoms with Gasteiger partial charge in [0.05, 0.1) is 5.56 Å². The Morgan fingerprint density at radius 1 is 1.37 bits per heavy atom. The molecular formula is C14H21N3OS. The summed E-state index contributed by atoms with van der Waals surface area (Å²) in [5, 5.41) is 6.50. The molecule has 2 saturated heterocycles. The Morgan fingerprint density at radius 2 is 2.16 bits per heavy atom. The predicted octanol–water partition coefficient (Wildman–Crippen LogP) is 1.82. The lowest BCUT2D eigenvalue weighted by atomic mass is 9.89. The molecule has 5 heteroatoms. The van der Waals surface area contributed by atoms with Crippen LogP contribution in [0, 0.1) is 5.92 Å². The highest BCUT2D eigenvalue weighted by Crippen LogP contribution is 2.37. The van der Waals surface area contributed by atoms with E-state index in [1.54, 1.807) is 11.3 Å². The predicted molar refractivity (Wildman–Crippen MR) is 78.8 cm³/mol. The molecule has 19 heavy (non-hydrogen) atoms. The van der Waals surface area contributed by atoms with E-state index in [1.165, 1.54) is 25.7 Å². The zero-order valence-corrected chi connectivity index (χ0v) is 11.9. The van der Waals surface area contributed by atoms with Gasteiger partial charge >= 0.3 is 0 Å². The number of nitrogens with one attached hydrogen (secondary N) is 1. The SMILES string of the molecule is NC(=O)c1ccsc1N1CCCC1C1CCNCC1. The summed E-state index contributed by atoms with van der Waals surface area (Å²) in [4.78, 5) is 14.0. The molecule has 1 aromatic heterocycles. The Kier molecular flexibility index (Phi) is 3.75. The van der Waals surface area contributed by atoms with Crippen LogP contribution in [0.3, 0.4) is 0 Å². The molecule has 2 fully saturated rings. The molecule has 0 radical (unpaired) electrons. The first-order valence-corrected chi connectivity index (χ1v) is 8.00. The molecule has 3 rings (SSSR count). The van der Waals surface area contributed by atoms with E-state index >= 15 is 0 Å². The van der Waals surface area contributed by atoms with Gasteiger partial charge in [0.15, 0.2) is 0 Å². The summed E-state index contributed by atoms with van der Waals surface area (Å²) in [6.07, 6.45) is 4.97. The number of nitrogens with zero attached hydrogens (tertiary/aromatic N) is 1. The van der Waals surface area contributed by atoms with Crippen molar-refractivity contribution in [3.63, 3.8) is 0 Å². The summed E-state index contributed by atoms with van der Waals surface area (Å²) < 4.78 is 0. The van der Waals surface area contributed by atoms with Crippen LogP contribution in [-0.2, 0) is 0 Å². The van der Waals surface area contributed by atoms with Crippen molar-refractivity contribution in [2.24, 2.45) is 11.7 Å². The van der Waals surface area contributed by atoms with Gasteiger partial charge in [0.1, 0.15) is 5.00 Å². The molecule has 2 aliphatic rings. The number of hydrogen-bond acceptors (Lipinski definition) is 4. The Morgan fingerprint density at radius 3 is 2.89 bits per heavy atom. The normalized spacial score (nSPS) is 24.8. The van der Waals surface area contributed by atoms with Crippen LogP contribution < -0.4 is 16.0 Å². The molecule has 0 aliphatic carbocycles. The maximum Gasteiger partial charge on any atom is 0.251 e. The maximum atomic E-state index is 11.5. The monoisotopic (exact) mass is 279 g/mol. The second kappa shape index (κ2) is 5.51. The molecule has 3 N–H and O–H groups in total. The number of amides is 1. The second-order valence-electron chi connectivity index (χ2n) is 5.49. The van der Waals surface area contributed by atoms with Crippen molar-refractivity contribution in [1.29, 1.82) is 0 Å². The molecule has 1 aromatic rings. The van der Waals surface area contributed by atoms with E-state index in [-0.39, 0.29) is 5.91 Å². The van der Waals surface area contributed by atoms with E-state index in [1.807, 2.05) is 11.4 Å². The van der Waals surface area contributed by atoms with Gasteiger partial charge in [0, 0.05) is 12.6 Å². The average Bonchev–Trinajstić information content (AvgIpc) is 3.08. The molecule has 1 amide bonds. The first kappa shape index (κ1) is 12.9. The summed E-state index contributed by atoms with van der Waals surface area (Å²) in [6.45, 7) is 3.32. The molecule has 1 atom stereocenters. The summed E-state index contributed by atoms with van der Waals surface area (Å²) in [7, 11) is 0. The summed E-state index contributed by atoms with van der Waals surface area (Å²) in [5.74, 6) is 0.457. The van der Waals surface area contributed by atoms with Gasteiger partial charge in [-0.25, -0.2) is 0 Å². The Balaban J connectivity index is 1.82. The molecular weight excluding hydrogens is 258 g/mol. The topological polar surface area (TPSA) is 58.4 Å². The van der Waals surface area contributed by atoms with Crippen molar-refractivity contribution in [3.05, 3.63) is 17.0 Å². The van der Waals surface area contributed by atoms with Gasteiger partial charge in [-0.15, -0.1) is 11.3 Å². The Bertz CT molecular complexity index is 453. The van der Waals surface area contributed by atoms with Crippen molar-refractivity contribution in [3.8, 4) is 0 Å². The minimum absolute atomic E-state index is 0.299. The van der Waals surface area contributed by atoms with Crippen LogP contribution in [-0.4, -0.2) is 31.6 Å². The lowest BCUT2D eigenvalue weighted by Crippen LogP contribution is -2.41. The molecule has 0 aromatic carbocycles. The van der Waals surface area contributed by atoms with Crippen LogP contribution in [0.2, 0.25) is 0 Å². The molecule has 104 valence electrons. The lowest BCUT2D eigenvalue weighted by Gasteiger charge is -2.35. The molecule has 0 spiro atoms. The summed E-state index contributed by atoms with van der Waals surface area (Å²) in [6, 6.07) is 2.46. The van der Waals surface area contributed by atoms with Crippen molar-refractivity contribution in [1.82, 2.24) is 5.32 Å². The van der Waals surface area contributed by atoms with Crippen LogP contribution in [0.25, 0.3) is 0 Å². The molecule has 0 saturated carbocycles. The number of nitrogens with two attached hydrogens (primary N) is 1. The number of carbonyl (C=O) groups is 1. The average molecular weight is 279 g/mol. The third-order valence-corrected chi connectivity index (χ3v) is 5.35. The largest absolute Gasteiger partial charge is 0.366 e. The van der Waals surface area contributed by atoms with Crippen LogP contribution >= 0.6 is 11.3 Å². The number of hydrogen-bond donors (Lipinski definition) is 2. The van der Waals surface area contributed by atoms with Gasteiger partial charge in [-0.3, -0.25) is 4.79 Å². The van der Waals surface area contributed by atoms with E-state index in [9.17, 15) is 4.79 Å². The highest BCUT2D eigenvalue weighted by molar-refractivity contribution is 7.14. The zero-order chi connectivity index (χ0) is 13.2. The highest BCUT2D eigenvalue weighted by Gasteiger charge is 2.34. The van der Waals surface area contributed by atoms with Gasteiger partial charge in [-0.2, -0.15) is 0 Å². The number of anilines is 1. The van der Waals surface area contributed by atoms with Gasteiger partial charge < -0.3 is 16.0 Å². The Labute approximate surface area is 118 Å². The van der Waals surface area contributed by atoms with E-state index < -0.39 is 0 Å². The maximum absolute atomic E-state index is 11.5. The summed E-state index contributed by atoms with van der Waals surface area (Å²) in [5.41, 5.74) is 6.18. The van der Waals surface area contributed by atoms with Crippen LogP contribution in [0.5, 0.6) is 0 Å². The molecule has 1 unspecified atom stereocenters. The van der Waals surface area contributed by atoms with Gasteiger partial charge in [0.25, 0.3) is 5.91 Å². The highest BCUT2D eigenvalue weighted by atomic mass is 32.1. The van der Waals surface area contributed by atoms with Gasteiger partial charge in [0.2, 0.25) is 0 Å². The quantitative estimate of drug-likeness (QED) is 0.887. The van der Waals surface area contributed by atoms with E-state index in [2.05, 4.69) is 10.2 Å². The number of piperidine rings is 1. The third-order valence-electron chi connectivity index (χ3n) is 4.40. The molecule has 3 heterocycles. The molecule has 0 bridgehead atoms. The number of thiophene rings is 1. The fourth-order valence-electron chi connectivity index (χ4n) is 3.48. The molecule has 4 nitrogen and oxygen atoms in total. The van der Waals surface area contributed by atoms with Gasteiger partial charge in [-0.1, -0.05) is 0 Å². The fraction of sp³-hybridized carbons (Fsp3) is 0.643. The number of carbonyl (C=O) groups excluding carboxylic acids is 1. The minimum Gasteiger partial charge on any atom is -0.366 e.